The van der Waals surface area contributed by atoms with E-state index in [0.717, 1.165) is 44.6 Å². The fourth-order valence-electron chi connectivity index (χ4n) is 3.69. The number of nitrogens with two attached hydrogens (primary N) is 1. The van der Waals surface area contributed by atoms with Crippen molar-refractivity contribution in [3.63, 3.8) is 0 Å². The van der Waals surface area contributed by atoms with E-state index in [-0.39, 0.29) is 0 Å². The standard InChI is InChI=1S/C15H25N5/c16-12-14(13-4-1-2-5-13)19-8-10-20(11-9-19)15-17-6-3-7-18-15/h3,6-7,13-14H,1-2,4-5,8-12,16H2. The molecule has 2 heterocycles. The topological polar surface area (TPSA) is 58.3 Å². The van der Waals surface area contributed by atoms with Crippen LogP contribution in [0, 0.1) is 5.92 Å². The van der Waals surface area contributed by atoms with Crippen LogP contribution < -0.4 is 10.6 Å². The number of rotatable bonds is 4. The van der Waals surface area contributed by atoms with Gasteiger partial charge in [-0.15, -0.1) is 0 Å². The molecule has 20 heavy (non-hydrogen) atoms. The minimum atomic E-state index is 0.580. The van der Waals surface area contributed by atoms with Gasteiger partial charge in [-0.1, -0.05) is 12.8 Å². The van der Waals surface area contributed by atoms with E-state index in [2.05, 4.69) is 19.8 Å². The Morgan fingerprint density at radius 1 is 1.10 bits per heavy atom. The molecule has 5 nitrogen and oxygen atoms in total. The molecule has 0 radical (unpaired) electrons. The van der Waals surface area contributed by atoms with Gasteiger partial charge >= 0.3 is 0 Å². The lowest BCUT2D eigenvalue weighted by Crippen LogP contribution is -2.54. The predicted octanol–water partition coefficient (Wildman–Crippen LogP) is 1.12. The fraction of sp³-hybridized carbons (Fsp3) is 0.733. The van der Waals surface area contributed by atoms with Gasteiger partial charge < -0.3 is 10.6 Å². The molecule has 0 aromatic carbocycles. The molecule has 0 bridgehead atoms. The third-order valence-electron chi connectivity index (χ3n) is 4.80. The lowest BCUT2D eigenvalue weighted by molar-refractivity contribution is 0.138. The van der Waals surface area contributed by atoms with Crippen LogP contribution in [0.15, 0.2) is 18.5 Å². The SMILES string of the molecule is NCC(C1CCCC1)N1CCN(c2ncccn2)CC1. The third kappa shape index (κ3) is 2.94. The van der Waals surface area contributed by atoms with Crippen molar-refractivity contribution in [1.82, 2.24) is 14.9 Å². The van der Waals surface area contributed by atoms with E-state index in [1.807, 2.05) is 18.5 Å². The summed E-state index contributed by atoms with van der Waals surface area (Å²) in [6, 6.07) is 2.45. The summed E-state index contributed by atoms with van der Waals surface area (Å²) in [6.45, 7) is 4.97. The molecule has 1 unspecified atom stereocenters. The molecule has 1 aromatic rings. The van der Waals surface area contributed by atoms with Crippen LogP contribution in [0.5, 0.6) is 0 Å². The summed E-state index contributed by atoms with van der Waals surface area (Å²) in [5, 5.41) is 0. The molecule has 1 aliphatic heterocycles. The Hall–Kier alpha value is -1.20. The Bertz CT molecular complexity index is 396. The Labute approximate surface area is 121 Å². The lowest BCUT2D eigenvalue weighted by atomic mass is 9.96. The van der Waals surface area contributed by atoms with Crippen LogP contribution in [0.3, 0.4) is 0 Å². The minimum Gasteiger partial charge on any atom is -0.338 e. The maximum Gasteiger partial charge on any atom is 0.225 e. The molecule has 1 aliphatic carbocycles. The van der Waals surface area contributed by atoms with Crippen LogP contribution in [0.1, 0.15) is 25.7 Å². The monoisotopic (exact) mass is 275 g/mol. The van der Waals surface area contributed by atoms with E-state index < -0.39 is 0 Å². The zero-order chi connectivity index (χ0) is 13.8. The molecule has 1 saturated heterocycles. The molecule has 1 atom stereocenters. The van der Waals surface area contributed by atoms with Crippen molar-refractivity contribution in [3.8, 4) is 0 Å². The summed E-state index contributed by atoms with van der Waals surface area (Å²) in [4.78, 5) is 13.6. The van der Waals surface area contributed by atoms with E-state index in [9.17, 15) is 0 Å². The number of anilines is 1. The molecule has 1 aromatic heterocycles. The number of hydrogen-bond acceptors (Lipinski definition) is 5. The van der Waals surface area contributed by atoms with Gasteiger partial charge in [0.15, 0.2) is 0 Å². The quantitative estimate of drug-likeness (QED) is 0.892. The molecule has 2 N–H and O–H groups in total. The van der Waals surface area contributed by atoms with Gasteiger partial charge in [-0.3, -0.25) is 4.90 Å². The number of hydrogen-bond donors (Lipinski definition) is 1. The second-order valence-corrected chi connectivity index (χ2v) is 5.92. The highest BCUT2D eigenvalue weighted by Gasteiger charge is 2.31. The molecule has 1 saturated carbocycles. The predicted molar refractivity (Wildman–Crippen MR) is 80.6 cm³/mol. The van der Waals surface area contributed by atoms with Crippen LogP contribution >= 0.6 is 0 Å². The first kappa shape index (κ1) is 13.8. The molecule has 2 fully saturated rings. The highest BCUT2D eigenvalue weighted by molar-refractivity contribution is 5.29. The van der Waals surface area contributed by atoms with Crippen molar-refractivity contribution in [1.29, 1.82) is 0 Å². The second-order valence-electron chi connectivity index (χ2n) is 5.92. The lowest BCUT2D eigenvalue weighted by Gasteiger charge is -2.41. The van der Waals surface area contributed by atoms with Crippen LogP contribution in [0.2, 0.25) is 0 Å². The highest BCUT2D eigenvalue weighted by atomic mass is 15.3. The van der Waals surface area contributed by atoms with Gasteiger partial charge in [0.2, 0.25) is 5.95 Å². The van der Waals surface area contributed by atoms with Crippen LogP contribution in [-0.4, -0.2) is 53.6 Å². The van der Waals surface area contributed by atoms with Gasteiger partial charge in [-0.25, -0.2) is 9.97 Å². The van der Waals surface area contributed by atoms with Gasteiger partial charge in [-0.05, 0) is 24.8 Å². The summed E-state index contributed by atoms with van der Waals surface area (Å²) < 4.78 is 0. The van der Waals surface area contributed by atoms with Crippen LogP contribution in [0.4, 0.5) is 5.95 Å². The van der Waals surface area contributed by atoms with Gasteiger partial charge in [0.1, 0.15) is 0 Å². The second kappa shape index (κ2) is 6.50. The van der Waals surface area contributed by atoms with Crippen molar-refractivity contribution < 1.29 is 0 Å². The maximum absolute atomic E-state index is 6.05. The number of piperazine rings is 1. The first-order chi connectivity index (χ1) is 9.88. The minimum absolute atomic E-state index is 0.580. The normalized spacial score (nSPS) is 23.1. The molecule has 0 amide bonds. The van der Waals surface area contributed by atoms with Crippen LogP contribution in [-0.2, 0) is 0 Å². The summed E-state index contributed by atoms with van der Waals surface area (Å²) >= 11 is 0. The van der Waals surface area contributed by atoms with Crippen molar-refractivity contribution in [3.05, 3.63) is 18.5 Å². The smallest absolute Gasteiger partial charge is 0.225 e. The highest BCUT2D eigenvalue weighted by Crippen LogP contribution is 2.30. The average molecular weight is 275 g/mol. The largest absolute Gasteiger partial charge is 0.338 e. The van der Waals surface area contributed by atoms with Crippen molar-refractivity contribution >= 4 is 5.95 Å². The maximum atomic E-state index is 6.05. The van der Waals surface area contributed by atoms with Gasteiger partial charge in [0.25, 0.3) is 0 Å². The van der Waals surface area contributed by atoms with E-state index >= 15 is 0 Å². The fourth-order valence-corrected chi connectivity index (χ4v) is 3.69. The summed E-state index contributed by atoms with van der Waals surface area (Å²) in [6.07, 6.45) is 9.14. The number of aromatic nitrogens is 2. The molecule has 110 valence electrons. The van der Waals surface area contributed by atoms with Gasteiger partial charge in [-0.2, -0.15) is 0 Å². The molecule has 3 rings (SSSR count). The summed E-state index contributed by atoms with van der Waals surface area (Å²) in [5.41, 5.74) is 6.05. The van der Waals surface area contributed by atoms with E-state index in [1.54, 1.807) is 0 Å². The van der Waals surface area contributed by atoms with Crippen LogP contribution in [0.25, 0.3) is 0 Å². The Morgan fingerprint density at radius 2 is 1.75 bits per heavy atom. The number of nitrogens with zero attached hydrogens (tertiary/aromatic N) is 4. The average Bonchev–Trinajstić information content (AvgIpc) is 3.04. The van der Waals surface area contributed by atoms with E-state index in [0.29, 0.717) is 6.04 Å². The Kier molecular flexibility index (Phi) is 4.47. The van der Waals surface area contributed by atoms with Crippen molar-refractivity contribution in [2.24, 2.45) is 11.7 Å². The Morgan fingerprint density at radius 3 is 2.35 bits per heavy atom. The van der Waals surface area contributed by atoms with Crippen molar-refractivity contribution in [2.75, 3.05) is 37.6 Å². The zero-order valence-electron chi connectivity index (χ0n) is 12.1. The Balaban J connectivity index is 1.57. The first-order valence-corrected chi connectivity index (χ1v) is 7.84. The molecule has 0 spiro atoms. The molecular formula is C15H25N5. The molecule has 2 aliphatic rings. The molecular weight excluding hydrogens is 250 g/mol. The van der Waals surface area contributed by atoms with E-state index in [4.69, 9.17) is 5.73 Å². The van der Waals surface area contributed by atoms with Crippen molar-refractivity contribution in [2.45, 2.75) is 31.7 Å². The first-order valence-electron chi connectivity index (χ1n) is 7.84. The zero-order valence-corrected chi connectivity index (χ0v) is 12.1. The third-order valence-corrected chi connectivity index (χ3v) is 4.80. The van der Waals surface area contributed by atoms with Gasteiger partial charge in [0, 0.05) is 51.2 Å². The van der Waals surface area contributed by atoms with Gasteiger partial charge in [0.05, 0.1) is 0 Å². The summed E-state index contributed by atoms with van der Waals surface area (Å²) in [7, 11) is 0. The summed E-state index contributed by atoms with van der Waals surface area (Å²) in [5.74, 6) is 1.68. The molecule has 5 heteroatoms. The van der Waals surface area contributed by atoms with E-state index in [1.165, 1.54) is 25.7 Å².